The minimum Gasteiger partial charge on any atom is -0.543 e. The summed E-state index contributed by atoms with van der Waals surface area (Å²) in [4.78, 5) is 51.7. The monoisotopic (exact) mass is 862 g/mol. The van der Waals surface area contributed by atoms with Gasteiger partial charge in [-0.1, -0.05) is 59.7 Å². The number of nitrogens with one attached hydrogen (secondary N) is 1. The quantitative estimate of drug-likeness (QED) is 0.0812. The van der Waals surface area contributed by atoms with Crippen LogP contribution in [0.4, 0.5) is 4.79 Å². The van der Waals surface area contributed by atoms with Gasteiger partial charge in [0, 0.05) is 63.8 Å². The van der Waals surface area contributed by atoms with E-state index in [9.17, 15) is 24.3 Å². The number of rotatable bonds is 16. The van der Waals surface area contributed by atoms with Crippen molar-refractivity contribution in [3.05, 3.63) is 53.7 Å². The van der Waals surface area contributed by atoms with Crippen LogP contribution in [0.25, 0.3) is 22.0 Å². The molecular formula is C47H70N4O9Si. The second-order valence-electron chi connectivity index (χ2n) is 18.8. The van der Waals surface area contributed by atoms with Crippen molar-refractivity contribution in [1.82, 2.24) is 19.9 Å². The highest BCUT2D eigenvalue weighted by molar-refractivity contribution is 6.78. The Bertz CT molecular complexity index is 1990. The molecule has 2 N–H and O–H groups in total. The number of esters is 1. The zero-order chi connectivity index (χ0) is 44.8. The molecule has 2 unspecified atom stereocenters. The van der Waals surface area contributed by atoms with Crippen molar-refractivity contribution in [3.63, 3.8) is 0 Å². The minimum atomic E-state index is -2.46. The standard InChI is InChI=1S/C47H70N4O9Si/c1-30(2)61(31(3)4,32(5)6)60-38-25-34(26-41(48-46(56)59-47(8,9)10)44(53)51-20-12-14-42(45(54)55)49(51)11)24-37(27-38)36-15-16-39-40(35-17-22-57-23-18-35)29-50(43(39)28-36)19-13-21-58-33(7)52/h15-16,24-25,27-32,35,41-42H,12-14,17-23,26H2,1-11H3,(H,48,56)(H,54,55). The number of hydrogen-bond donors (Lipinski definition) is 2. The normalized spacial score (nSPS) is 17.5. The number of likely N-dealkylation sites (N-methyl/N-ethyl adjacent to an activating group) is 1. The van der Waals surface area contributed by atoms with Crippen LogP contribution in [0.1, 0.15) is 118 Å². The maximum absolute atomic E-state index is 14.5. The first-order chi connectivity index (χ1) is 28.7. The third-order valence-electron chi connectivity index (χ3n) is 12.4. The summed E-state index contributed by atoms with van der Waals surface area (Å²) in [7, 11) is -0.849. The number of alkyl carbamates (subject to hydrolysis) is 1. The predicted molar refractivity (Wildman–Crippen MR) is 240 cm³/mol. The highest BCUT2D eigenvalue weighted by Crippen LogP contribution is 2.44. The summed E-state index contributed by atoms with van der Waals surface area (Å²) < 4.78 is 26.3. The number of aryl methyl sites for hydroxylation is 1. The van der Waals surface area contributed by atoms with Crippen LogP contribution in [-0.4, -0.2) is 103 Å². The van der Waals surface area contributed by atoms with E-state index in [2.05, 4.69) is 88.0 Å². The van der Waals surface area contributed by atoms with Gasteiger partial charge in [-0.05, 0) is 116 Å². The maximum atomic E-state index is 14.5. The molecule has 2 amide bonds. The lowest BCUT2D eigenvalue weighted by Crippen LogP contribution is -2.60. The van der Waals surface area contributed by atoms with Crippen LogP contribution in [0.15, 0.2) is 42.6 Å². The number of aliphatic carboxylic acids is 1. The van der Waals surface area contributed by atoms with Crippen molar-refractivity contribution in [3.8, 4) is 16.9 Å². The second kappa shape index (κ2) is 20.2. The number of hydrazine groups is 1. The number of nitrogens with zero attached hydrogens (tertiary/aromatic N) is 3. The third kappa shape index (κ3) is 11.5. The van der Waals surface area contributed by atoms with E-state index in [-0.39, 0.29) is 12.4 Å². The molecule has 13 nitrogen and oxygen atoms in total. The van der Waals surface area contributed by atoms with E-state index in [0.29, 0.717) is 67.2 Å². The number of carbonyl (C=O) groups is 4. The van der Waals surface area contributed by atoms with E-state index in [1.54, 1.807) is 27.8 Å². The van der Waals surface area contributed by atoms with Gasteiger partial charge in [-0.3, -0.25) is 19.4 Å². The lowest BCUT2D eigenvalue weighted by Gasteiger charge is -2.42. The Morgan fingerprint density at radius 1 is 0.934 bits per heavy atom. The van der Waals surface area contributed by atoms with Crippen molar-refractivity contribution >= 4 is 43.2 Å². The molecule has 3 heterocycles. The number of aromatic nitrogens is 1. The molecule has 2 aliphatic rings. The van der Waals surface area contributed by atoms with Gasteiger partial charge in [-0.15, -0.1) is 0 Å². The Balaban J connectivity index is 1.64. The van der Waals surface area contributed by atoms with E-state index in [1.165, 1.54) is 27.9 Å². The van der Waals surface area contributed by atoms with Gasteiger partial charge in [0.2, 0.25) is 0 Å². The fourth-order valence-corrected chi connectivity index (χ4v) is 14.8. The van der Waals surface area contributed by atoms with Gasteiger partial charge in [-0.25, -0.2) is 9.80 Å². The molecular weight excluding hydrogens is 793 g/mol. The SMILES string of the molecule is CC(=O)OCCCn1cc(C2CCOCC2)c2ccc(-c3cc(CC(NC(=O)OC(C)(C)C)C(=O)N4CCCC(C(=O)O)N4C)cc(O[Si](C(C)C)(C(C)C)C(C)C)c3)cc21. The number of carboxylic acid groups (broad SMARTS) is 1. The molecule has 2 atom stereocenters. The van der Waals surface area contributed by atoms with Crippen molar-refractivity contribution in [2.24, 2.45) is 0 Å². The lowest BCUT2D eigenvalue weighted by molar-refractivity contribution is -0.168. The number of amides is 2. The molecule has 3 aromatic rings. The molecule has 61 heavy (non-hydrogen) atoms. The summed E-state index contributed by atoms with van der Waals surface area (Å²) in [5.41, 5.74) is 5.10. The van der Waals surface area contributed by atoms with E-state index < -0.39 is 44.0 Å². The number of fused-ring (bicyclic) bond motifs is 1. The van der Waals surface area contributed by atoms with E-state index in [0.717, 1.165) is 48.3 Å². The maximum Gasteiger partial charge on any atom is 0.408 e. The van der Waals surface area contributed by atoms with Crippen LogP contribution in [0.3, 0.4) is 0 Å². The summed E-state index contributed by atoms with van der Waals surface area (Å²) in [5.74, 6) is -0.641. The van der Waals surface area contributed by atoms with Gasteiger partial charge in [0.25, 0.3) is 14.2 Å². The van der Waals surface area contributed by atoms with Crippen LogP contribution < -0.4 is 9.74 Å². The van der Waals surface area contributed by atoms with Crippen LogP contribution >= 0.6 is 0 Å². The molecule has 14 heteroatoms. The summed E-state index contributed by atoms with van der Waals surface area (Å²) in [6.07, 6.45) is 5.10. The second-order valence-corrected chi connectivity index (χ2v) is 24.2. The van der Waals surface area contributed by atoms with Crippen molar-refractivity contribution in [2.75, 3.05) is 33.4 Å². The first-order valence-corrected chi connectivity index (χ1v) is 24.3. The summed E-state index contributed by atoms with van der Waals surface area (Å²) in [6.45, 7) is 23.0. The minimum absolute atomic E-state index is 0.104. The van der Waals surface area contributed by atoms with Gasteiger partial charge in [0.1, 0.15) is 23.4 Å². The highest BCUT2D eigenvalue weighted by atomic mass is 28.4. The number of carbonyl (C=O) groups excluding carboxylic acids is 3. The molecule has 0 saturated carbocycles. The molecule has 2 fully saturated rings. The van der Waals surface area contributed by atoms with Crippen molar-refractivity contribution < 1.29 is 42.9 Å². The number of benzene rings is 2. The summed E-state index contributed by atoms with van der Waals surface area (Å²) in [6, 6.07) is 10.8. The van der Waals surface area contributed by atoms with Crippen LogP contribution in [0.5, 0.6) is 5.75 Å². The molecule has 336 valence electrons. The first-order valence-electron chi connectivity index (χ1n) is 22.2. The van der Waals surface area contributed by atoms with Crippen LogP contribution in [0, 0.1) is 0 Å². The summed E-state index contributed by atoms with van der Waals surface area (Å²) >= 11 is 0. The molecule has 0 aliphatic carbocycles. The molecule has 0 bridgehead atoms. The Morgan fingerprint density at radius 2 is 1.61 bits per heavy atom. The number of carboxylic acids is 1. The highest BCUT2D eigenvalue weighted by Gasteiger charge is 2.47. The molecule has 0 radical (unpaired) electrons. The molecule has 2 aromatic carbocycles. The lowest BCUT2D eigenvalue weighted by atomic mass is 9.91. The predicted octanol–water partition coefficient (Wildman–Crippen LogP) is 9.07. The number of ether oxygens (including phenoxy) is 3. The van der Waals surface area contributed by atoms with Crippen molar-refractivity contribution in [1.29, 1.82) is 0 Å². The molecule has 2 aliphatic heterocycles. The van der Waals surface area contributed by atoms with Gasteiger partial charge < -0.3 is 33.6 Å². The number of hydrogen-bond acceptors (Lipinski definition) is 9. The Hall–Kier alpha value is -4.40. The van der Waals surface area contributed by atoms with E-state index in [1.807, 2.05) is 6.07 Å². The van der Waals surface area contributed by atoms with Gasteiger partial charge in [0.05, 0.1) is 6.61 Å². The van der Waals surface area contributed by atoms with Gasteiger partial charge in [-0.2, -0.15) is 0 Å². The molecule has 1 aromatic heterocycles. The Kier molecular flexibility index (Phi) is 15.8. The molecule has 2 saturated heterocycles. The third-order valence-corrected chi connectivity index (χ3v) is 18.4. The van der Waals surface area contributed by atoms with Gasteiger partial charge >= 0.3 is 18.0 Å². The van der Waals surface area contributed by atoms with Crippen LogP contribution in [-0.2, 0) is 41.6 Å². The fourth-order valence-electron chi connectivity index (χ4n) is 9.59. The molecule has 0 spiro atoms. The Labute approximate surface area is 363 Å². The van der Waals surface area contributed by atoms with E-state index >= 15 is 0 Å². The topological polar surface area (TPSA) is 149 Å². The fraction of sp³-hybridized carbons (Fsp3) is 0.617. The summed E-state index contributed by atoms with van der Waals surface area (Å²) in [5, 5.41) is 16.9. The van der Waals surface area contributed by atoms with Crippen LogP contribution in [0.2, 0.25) is 16.6 Å². The zero-order valence-corrected chi connectivity index (χ0v) is 39.3. The van der Waals surface area contributed by atoms with Gasteiger partial charge in [0.15, 0.2) is 0 Å². The smallest absolute Gasteiger partial charge is 0.408 e. The van der Waals surface area contributed by atoms with E-state index in [4.69, 9.17) is 18.6 Å². The van der Waals surface area contributed by atoms with Crippen molar-refractivity contribution in [2.45, 2.75) is 155 Å². The average molecular weight is 863 g/mol. The average Bonchev–Trinajstić information content (AvgIpc) is 3.54. The largest absolute Gasteiger partial charge is 0.543 e. The molecule has 5 rings (SSSR count). The first kappa shape index (κ1) is 47.6. The zero-order valence-electron chi connectivity index (χ0n) is 38.3. The Morgan fingerprint density at radius 3 is 2.21 bits per heavy atom.